The van der Waals surface area contributed by atoms with E-state index in [1.54, 1.807) is 6.20 Å². The predicted molar refractivity (Wildman–Crippen MR) is 80.8 cm³/mol. The van der Waals surface area contributed by atoms with Crippen LogP contribution in [-0.4, -0.2) is 11.3 Å². The molecule has 100 valence electrons. The molecule has 1 heterocycles. The SMILES string of the molecule is O=Cc1c(OCc2cnc(Cl)s2)ccc2ccccc12. The molecule has 0 unspecified atom stereocenters. The first-order chi connectivity index (χ1) is 9.78. The van der Waals surface area contributed by atoms with Gasteiger partial charge in [-0.2, -0.15) is 0 Å². The molecule has 2 aromatic carbocycles. The van der Waals surface area contributed by atoms with Crippen molar-refractivity contribution in [1.29, 1.82) is 0 Å². The molecule has 20 heavy (non-hydrogen) atoms. The molecule has 0 radical (unpaired) electrons. The lowest BCUT2D eigenvalue weighted by molar-refractivity contribution is 0.112. The summed E-state index contributed by atoms with van der Waals surface area (Å²) in [5, 5.41) is 1.91. The lowest BCUT2D eigenvalue weighted by Gasteiger charge is -2.09. The first-order valence-corrected chi connectivity index (χ1v) is 7.17. The Morgan fingerprint density at radius 2 is 2.10 bits per heavy atom. The molecule has 3 rings (SSSR count). The Labute approximate surface area is 124 Å². The number of thiazole rings is 1. The van der Waals surface area contributed by atoms with Crippen LogP contribution in [0.1, 0.15) is 15.2 Å². The van der Waals surface area contributed by atoms with Gasteiger partial charge in [-0.25, -0.2) is 4.98 Å². The predicted octanol–water partition coefficient (Wildman–Crippen LogP) is 4.34. The van der Waals surface area contributed by atoms with Crippen LogP contribution < -0.4 is 4.74 Å². The van der Waals surface area contributed by atoms with Crippen molar-refractivity contribution in [1.82, 2.24) is 4.98 Å². The van der Waals surface area contributed by atoms with Crippen LogP contribution in [0.2, 0.25) is 4.47 Å². The molecule has 0 N–H and O–H groups in total. The van der Waals surface area contributed by atoms with Gasteiger partial charge in [-0.15, -0.1) is 11.3 Å². The van der Waals surface area contributed by atoms with Crippen LogP contribution in [0, 0.1) is 0 Å². The summed E-state index contributed by atoms with van der Waals surface area (Å²) in [6.45, 7) is 0.351. The third-order valence-corrected chi connectivity index (χ3v) is 4.03. The molecule has 0 atom stereocenters. The molecule has 0 aliphatic carbocycles. The zero-order valence-electron chi connectivity index (χ0n) is 10.4. The van der Waals surface area contributed by atoms with Crippen LogP contribution in [0.15, 0.2) is 42.6 Å². The van der Waals surface area contributed by atoms with Gasteiger partial charge in [-0.05, 0) is 16.8 Å². The van der Waals surface area contributed by atoms with Gasteiger partial charge in [0.2, 0.25) is 0 Å². The van der Waals surface area contributed by atoms with E-state index in [1.807, 2.05) is 36.4 Å². The molecular formula is C15H10ClNO2S. The van der Waals surface area contributed by atoms with Gasteiger partial charge in [0.1, 0.15) is 12.4 Å². The molecule has 0 aliphatic rings. The fourth-order valence-electron chi connectivity index (χ4n) is 2.02. The smallest absolute Gasteiger partial charge is 0.183 e. The maximum Gasteiger partial charge on any atom is 0.183 e. The monoisotopic (exact) mass is 303 g/mol. The summed E-state index contributed by atoms with van der Waals surface area (Å²) in [7, 11) is 0. The summed E-state index contributed by atoms with van der Waals surface area (Å²) < 4.78 is 6.20. The number of nitrogens with zero attached hydrogens (tertiary/aromatic N) is 1. The van der Waals surface area contributed by atoms with E-state index in [1.165, 1.54) is 11.3 Å². The van der Waals surface area contributed by atoms with Crippen molar-refractivity contribution in [3.8, 4) is 5.75 Å². The second-order valence-electron chi connectivity index (χ2n) is 4.18. The minimum atomic E-state index is 0.351. The Hall–Kier alpha value is -1.91. The van der Waals surface area contributed by atoms with Crippen LogP contribution in [0.25, 0.3) is 10.8 Å². The van der Waals surface area contributed by atoms with Crippen molar-refractivity contribution in [2.45, 2.75) is 6.61 Å². The highest BCUT2D eigenvalue weighted by molar-refractivity contribution is 7.15. The number of carbonyl (C=O) groups is 1. The Balaban J connectivity index is 1.93. The van der Waals surface area contributed by atoms with Crippen LogP contribution >= 0.6 is 22.9 Å². The van der Waals surface area contributed by atoms with Crippen molar-refractivity contribution < 1.29 is 9.53 Å². The number of halogens is 1. The average molecular weight is 304 g/mol. The normalized spacial score (nSPS) is 10.7. The summed E-state index contributed by atoms with van der Waals surface area (Å²) in [5.41, 5.74) is 0.568. The van der Waals surface area contributed by atoms with E-state index in [4.69, 9.17) is 16.3 Å². The van der Waals surface area contributed by atoms with Crippen molar-refractivity contribution in [3.63, 3.8) is 0 Å². The fraction of sp³-hybridized carbons (Fsp3) is 0.0667. The lowest BCUT2D eigenvalue weighted by Crippen LogP contribution is -1.97. The number of ether oxygens (including phenoxy) is 1. The molecule has 0 saturated heterocycles. The van der Waals surface area contributed by atoms with Crippen LogP contribution in [0.5, 0.6) is 5.75 Å². The number of hydrogen-bond donors (Lipinski definition) is 0. The maximum atomic E-state index is 11.3. The largest absolute Gasteiger partial charge is 0.487 e. The molecule has 0 saturated carbocycles. The minimum absolute atomic E-state index is 0.351. The molecule has 0 fully saturated rings. The van der Waals surface area contributed by atoms with Gasteiger partial charge in [0.25, 0.3) is 0 Å². The standard InChI is InChI=1S/C15H10ClNO2S/c16-15-17-7-11(20-15)9-19-14-6-5-10-3-1-2-4-12(10)13(14)8-18/h1-8H,9H2. The van der Waals surface area contributed by atoms with Gasteiger partial charge < -0.3 is 4.74 Å². The van der Waals surface area contributed by atoms with Crippen LogP contribution in [0.4, 0.5) is 0 Å². The van der Waals surface area contributed by atoms with E-state index in [9.17, 15) is 4.79 Å². The number of benzene rings is 2. The lowest BCUT2D eigenvalue weighted by atomic mass is 10.0. The van der Waals surface area contributed by atoms with E-state index in [0.29, 0.717) is 22.4 Å². The summed E-state index contributed by atoms with van der Waals surface area (Å²) in [6, 6.07) is 11.5. The molecule has 3 nitrogen and oxygen atoms in total. The Kier molecular flexibility index (Phi) is 3.67. The third kappa shape index (κ3) is 2.53. The highest BCUT2D eigenvalue weighted by Gasteiger charge is 2.09. The topological polar surface area (TPSA) is 39.2 Å². The van der Waals surface area contributed by atoms with Crippen LogP contribution in [-0.2, 0) is 6.61 Å². The zero-order valence-corrected chi connectivity index (χ0v) is 11.9. The van der Waals surface area contributed by atoms with Crippen molar-refractivity contribution in [2.24, 2.45) is 0 Å². The quantitative estimate of drug-likeness (QED) is 0.673. The second-order valence-corrected chi connectivity index (χ2v) is 5.88. The fourth-order valence-corrected chi connectivity index (χ4v) is 2.91. The van der Waals surface area contributed by atoms with E-state index in [2.05, 4.69) is 4.98 Å². The number of fused-ring (bicyclic) bond motifs is 1. The third-order valence-electron chi connectivity index (χ3n) is 2.94. The van der Waals surface area contributed by atoms with E-state index >= 15 is 0 Å². The van der Waals surface area contributed by atoms with Crippen molar-refractivity contribution in [3.05, 3.63) is 57.5 Å². The van der Waals surface area contributed by atoms with Gasteiger partial charge >= 0.3 is 0 Å². The summed E-state index contributed by atoms with van der Waals surface area (Å²) in [4.78, 5) is 16.2. The van der Waals surface area contributed by atoms with E-state index in [0.717, 1.165) is 21.9 Å². The highest BCUT2D eigenvalue weighted by atomic mass is 35.5. The number of aldehydes is 1. The second kappa shape index (κ2) is 5.61. The minimum Gasteiger partial charge on any atom is -0.487 e. The van der Waals surface area contributed by atoms with Crippen molar-refractivity contribution in [2.75, 3.05) is 0 Å². The first kappa shape index (κ1) is 13.1. The molecule has 0 amide bonds. The number of rotatable bonds is 4. The van der Waals surface area contributed by atoms with Crippen molar-refractivity contribution >= 4 is 40.0 Å². The van der Waals surface area contributed by atoms with Gasteiger partial charge in [0.05, 0.1) is 10.4 Å². The van der Waals surface area contributed by atoms with Gasteiger partial charge in [-0.1, -0.05) is 41.9 Å². The number of aromatic nitrogens is 1. The first-order valence-electron chi connectivity index (χ1n) is 5.98. The maximum absolute atomic E-state index is 11.3. The van der Waals surface area contributed by atoms with Gasteiger partial charge in [0.15, 0.2) is 10.8 Å². The Bertz CT molecular complexity index is 769. The Morgan fingerprint density at radius 1 is 1.25 bits per heavy atom. The molecule has 0 aliphatic heterocycles. The van der Waals surface area contributed by atoms with Gasteiger partial charge in [0, 0.05) is 6.20 Å². The Morgan fingerprint density at radius 3 is 2.85 bits per heavy atom. The number of carbonyl (C=O) groups excluding carboxylic acids is 1. The van der Waals surface area contributed by atoms with E-state index in [-0.39, 0.29) is 0 Å². The summed E-state index contributed by atoms with van der Waals surface area (Å²) >= 11 is 7.14. The molecule has 1 aromatic heterocycles. The molecular weight excluding hydrogens is 294 g/mol. The molecule has 0 spiro atoms. The zero-order chi connectivity index (χ0) is 13.9. The highest BCUT2D eigenvalue weighted by Crippen LogP contribution is 2.28. The average Bonchev–Trinajstić information content (AvgIpc) is 2.90. The summed E-state index contributed by atoms with van der Waals surface area (Å²) in [5.74, 6) is 0.572. The molecule has 5 heteroatoms. The van der Waals surface area contributed by atoms with Gasteiger partial charge in [-0.3, -0.25) is 4.79 Å². The molecule has 3 aromatic rings. The summed E-state index contributed by atoms with van der Waals surface area (Å²) in [6.07, 6.45) is 2.51. The number of hydrogen-bond acceptors (Lipinski definition) is 4. The van der Waals surface area contributed by atoms with E-state index < -0.39 is 0 Å². The van der Waals surface area contributed by atoms with Crippen LogP contribution in [0.3, 0.4) is 0 Å². The molecule has 0 bridgehead atoms.